The number of aliphatic hydroxyl groups is 2. The van der Waals surface area contributed by atoms with Crippen molar-refractivity contribution < 1.29 is 23.4 Å². The minimum atomic E-state index is -4.56. The highest BCUT2D eigenvalue weighted by atomic mass is 19.4. The van der Waals surface area contributed by atoms with Gasteiger partial charge in [-0.2, -0.15) is 13.2 Å². The van der Waals surface area contributed by atoms with E-state index in [1.165, 1.54) is 25.7 Å². The second kappa shape index (κ2) is 9.50. The lowest BCUT2D eigenvalue weighted by atomic mass is 9.46. The van der Waals surface area contributed by atoms with E-state index in [4.69, 9.17) is 0 Å². The van der Waals surface area contributed by atoms with E-state index >= 15 is 0 Å². The third-order valence-electron chi connectivity index (χ3n) is 13.8. The van der Waals surface area contributed by atoms with Crippen molar-refractivity contribution in [2.45, 2.75) is 148 Å². The van der Waals surface area contributed by atoms with E-state index in [2.05, 4.69) is 40.7 Å². The van der Waals surface area contributed by atoms with Gasteiger partial charge in [-0.3, -0.25) is 0 Å². The average Bonchev–Trinajstić information content (AvgIpc) is 3.22. The van der Waals surface area contributed by atoms with Gasteiger partial charge in [-0.05, 0) is 129 Å². The largest absolute Gasteiger partial charge is 0.417 e. The Bertz CT molecular complexity index is 918. The topological polar surface area (TPSA) is 40.5 Å². The number of alkyl halides is 3. The fourth-order valence-electron chi connectivity index (χ4n) is 10.5. The van der Waals surface area contributed by atoms with Gasteiger partial charge in [0.15, 0.2) is 5.60 Å². The Labute approximate surface area is 229 Å². The molecule has 5 rings (SSSR count). The first-order valence-electron chi connectivity index (χ1n) is 15.8. The molecule has 2 N–H and O–H groups in total. The molecular weight excluding hydrogens is 485 g/mol. The summed E-state index contributed by atoms with van der Waals surface area (Å²) in [5.74, 6) is 2.87. The fourth-order valence-corrected chi connectivity index (χ4v) is 10.5. The van der Waals surface area contributed by atoms with E-state index in [9.17, 15) is 23.4 Å². The number of rotatable bonds is 5. The molecule has 5 aliphatic carbocycles. The average molecular weight is 539 g/mol. The highest BCUT2D eigenvalue weighted by molar-refractivity contribution is 5.28. The summed E-state index contributed by atoms with van der Waals surface area (Å²) in [6.45, 7) is 11.8. The molecule has 38 heavy (non-hydrogen) atoms. The number of hydrogen-bond acceptors (Lipinski definition) is 2. The summed E-state index contributed by atoms with van der Waals surface area (Å²) >= 11 is 0. The van der Waals surface area contributed by atoms with Crippen molar-refractivity contribution in [2.75, 3.05) is 0 Å². The Hall–Kier alpha value is -0.550. The van der Waals surface area contributed by atoms with Gasteiger partial charge in [0.1, 0.15) is 0 Å². The summed E-state index contributed by atoms with van der Waals surface area (Å²) in [6, 6.07) is 0. The van der Waals surface area contributed by atoms with Crippen molar-refractivity contribution in [3.63, 3.8) is 0 Å². The summed E-state index contributed by atoms with van der Waals surface area (Å²) in [5, 5.41) is 21.8. The molecular formula is C33H53F3O2. The van der Waals surface area contributed by atoms with Crippen molar-refractivity contribution in [3.05, 3.63) is 11.6 Å². The maximum absolute atomic E-state index is 13.7. The van der Waals surface area contributed by atoms with Crippen LogP contribution in [-0.4, -0.2) is 27.6 Å². The SMILES string of the molecule is CCC1(C)CCC(O)(CC[C@@H](C)[C@H]2CC[C@H]3[C@@H]4CC=C5C[C@](O)(C(F)(F)F)CC[C@]5(C)[C@H]4CC[C@]23C)CC1. The number of fused-ring (bicyclic) bond motifs is 5. The molecule has 0 heterocycles. The van der Waals surface area contributed by atoms with Crippen LogP contribution in [0.1, 0.15) is 131 Å². The summed E-state index contributed by atoms with van der Waals surface area (Å²) < 4.78 is 41.0. The van der Waals surface area contributed by atoms with Crippen molar-refractivity contribution in [1.29, 1.82) is 0 Å². The number of allylic oxidation sites excluding steroid dienone is 1. The lowest BCUT2D eigenvalue weighted by Crippen LogP contribution is -2.55. The Morgan fingerprint density at radius 2 is 1.61 bits per heavy atom. The summed E-state index contributed by atoms with van der Waals surface area (Å²) in [5.41, 5.74) is -1.69. The molecule has 0 aromatic rings. The smallest absolute Gasteiger partial charge is 0.390 e. The summed E-state index contributed by atoms with van der Waals surface area (Å²) in [7, 11) is 0. The zero-order valence-electron chi connectivity index (χ0n) is 24.6. The Balaban J connectivity index is 1.25. The highest BCUT2D eigenvalue weighted by Gasteiger charge is 2.63. The molecule has 0 spiro atoms. The number of halogens is 3. The van der Waals surface area contributed by atoms with E-state index < -0.39 is 17.4 Å². The van der Waals surface area contributed by atoms with Gasteiger partial charge in [0, 0.05) is 6.42 Å². The first kappa shape index (κ1) is 29.0. The standard InChI is InChI=1S/C33H53F3O2/c1-6-28(3)15-18-31(37,19-16-28)14-11-22(2)25-9-10-26-24-8-7-23-21-32(38,33(34,35)36)20-17-29(23,4)27(24)12-13-30(25,26)5/h7,22,24-27,37-38H,6,8-21H2,1-5H3/t22-,24+,25-,26+,27+,28?,29+,30-,31?,32+/m1/s1. The van der Waals surface area contributed by atoms with E-state index in [1.54, 1.807) is 0 Å². The molecule has 5 heteroatoms. The van der Waals surface area contributed by atoms with Gasteiger partial charge in [-0.25, -0.2) is 0 Å². The van der Waals surface area contributed by atoms with Gasteiger partial charge in [0.05, 0.1) is 5.60 Å². The summed E-state index contributed by atoms with van der Waals surface area (Å²) in [4.78, 5) is 0. The predicted octanol–water partition coefficient (Wildman–Crippen LogP) is 9.00. The first-order chi connectivity index (χ1) is 17.6. The molecule has 8 atom stereocenters. The fraction of sp³-hybridized carbons (Fsp3) is 0.939. The van der Waals surface area contributed by atoms with Crippen LogP contribution in [0.5, 0.6) is 0 Å². The molecule has 0 aromatic heterocycles. The molecule has 0 amide bonds. The predicted molar refractivity (Wildman–Crippen MR) is 146 cm³/mol. The van der Waals surface area contributed by atoms with Crippen molar-refractivity contribution in [1.82, 2.24) is 0 Å². The van der Waals surface area contributed by atoms with Crippen LogP contribution in [0.25, 0.3) is 0 Å². The van der Waals surface area contributed by atoms with Crippen molar-refractivity contribution >= 4 is 0 Å². The minimum Gasteiger partial charge on any atom is -0.390 e. The van der Waals surface area contributed by atoms with E-state index in [1.807, 2.05) is 0 Å². The quantitative estimate of drug-likeness (QED) is 0.343. The minimum absolute atomic E-state index is 0.171. The molecule has 0 saturated heterocycles. The van der Waals surface area contributed by atoms with E-state index in [-0.39, 0.29) is 18.3 Å². The maximum Gasteiger partial charge on any atom is 0.417 e. The van der Waals surface area contributed by atoms with Crippen LogP contribution in [0.4, 0.5) is 13.2 Å². The van der Waals surface area contributed by atoms with Crippen LogP contribution < -0.4 is 0 Å². The second-order valence-corrected chi connectivity index (χ2v) is 15.6. The van der Waals surface area contributed by atoms with Gasteiger partial charge < -0.3 is 10.2 Å². The van der Waals surface area contributed by atoms with Gasteiger partial charge in [0.2, 0.25) is 0 Å². The molecule has 5 aliphatic rings. The van der Waals surface area contributed by atoms with E-state index in [0.29, 0.717) is 46.8 Å². The monoisotopic (exact) mass is 538 g/mol. The molecule has 0 aliphatic heterocycles. The molecule has 0 radical (unpaired) electrons. The zero-order valence-corrected chi connectivity index (χ0v) is 24.6. The third kappa shape index (κ3) is 4.62. The van der Waals surface area contributed by atoms with E-state index in [0.717, 1.165) is 56.9 Å². The van der Waals surface area contributed by atoms with Gasteiger partial charge >= 0.3 is 6.18 Å². The van der Waals surface area contributed by atoms with Crippen LogP contribution in [0.3, 0.4) is 0 Å². The highest BCUT2D eigenvalue weighted by Crippen LogP contribution is 2.68. The lowest BCUT2D eigenvalue weighted by molar-refractivity contribution is -0.271. The van der Waals surface area contributed by atoms with Crippen LogP contribution in [0.15, 0.2) is 11.6 Å². The Morgan fingerprint density at radius 3 is 2.24 bits per heavy atom. The Morgan fingerprint density at radius 1 is 0.921 bits per heavy atom. The first-order valence-corrected chi connectivity index (χ1v) is 15.8. The second-order valence-electron chi connectivity index (χ2n) is 15.6. The van der Waals surface area contributed by atoms with Crippen LogP contribution in [0.2, 0.25) is 0 Å². The third-order valence-corrected chi connectivity index (χ3v) is 13.8. The summed E-state index contributed by atoms with van der Waals surface area (Å²) in [6.07, 6.45) is 10.6. The normalized spacial score (nSPS) is 50.0. The number of hydrogen-bond donors (Lipinski definition) is 2. The lowest BCUT2D eigenvalue weighted by Gasteiger charge is -2.59. The molecule has 0 aromatic carbocycles. The maximum atomic E-state index is 13.7. The van der Waals surface area contributed by atoms with Crippen molar-refractivity contribution in [3.8, 4) is 0 Å². The molecule has 0 bridgehead atoms. The van der Waals surface area contributed by atoms with Crippen LogP contribution in [0, 0.1) is 45.8 Å². The molecule has 4 fully saturated rings. The van der Waals surface area contributed by atoms with Gasteiger partial charge in [-0.15, -0.1) is 0 Å². The molecule has 218 valence electrons. The molecule has 0 unspecified atom stereocenters. The van der Waals surface area contributed by atoms with Gasteiger partial charge in [-0.1, -0.05) is 52.7 Å². The molecule has 4 saturated carbocycles. The Kier molecular flexibility index (Phi) is 7.24. The van der Waals surface area contributed by atoms with Gasteiger partial charge in [0.25, 0.3) is 0 Å². The van der Waals surface area contributed by atoms with Crippen molar-refractivity contribution in [2.24, 2.45) is 45.8 Å². The zero-order chi connectivity index (χ0) is 27.8. The van der Waals surface area contributed by atoms with Crippen LogP contribution in [-0.2, 0) is 0 Å². The molecule has 2 nitrogen and oxygen atoms in total. The van der Waals surface area contributed by atoms with Crippen LogP contribution >= 0.6 is 0 Å².